The minimum atomic E-state index is -0.399. The Morgan fingerprint density at radius 1 is 1.24 bits per heavy atom. The molecule has 0 saturated heterocycles. The minimum Gasteiger partial charge on any atom is -0.293 e. The highest BCUT2D eigenvalue weighted by Gasteiger charge is 2.18. The standard InChI is InChI=1S/C14H12FNO/c1-10(13-7-2-3-8-16-13)14(17)11-5-4-6-12(15)9-11/h2-10H,1H3. The highest BCUT2D eigenvalue weighted by atomic mass is 19.1. The first kappa shape index (κ1) is 11.5. The molecule has 1 heterocycles. The van der Waals surface area contributed by atoms with Gasteiger partial charge in [-0.1, -0.05) is 18.2 Å². The van der Waals surface area contributed by atoms with Crippen LogP contribution in [0.3, 0.4) is 0 Å². The van der Waals surface area contributed by atoms with Gasteiger partial charge in [0.2, 0.25) is 0 Å². The van der Waals surface area contributed by atoms with Crippen molar-refractivity contribution < 1.29 is 9.18 Å². The lowest BCUT2D eigenvalue weighted by Gasteiger charge is -2.09. The first-order valence-electron chi connectivity index (χ1n) is 5.39. The van der Waals surface area contributed by atoms with Gasteiger partial charge in [-0.15, -0.1) is 0 Å². The van der Waals surface area contributed by atoms with E-state index in [0.29, 0.717) is 11.3 Å². The molecule has 0 aliphatic heterocycles. The van der Waals surface area contributed by atoms with Crippen LogP contribution >= 0.6 is 0 Å². The van der Waals surface area contributed by atoms with Crippen molar-refractivity contribution in [3.63, 3.8) is 0 Å². The average Bonchev–Trinajstić information content (AvgIpc) is 2.38. The lowest BCUT2D eigenvalue weighted by Crippen LogP contribution is -2.11. The van der Waals surface area contributed by atoms with Gasteiger partial charge in [0.15, 0.2) is 5.78 Å². The Kier molecular flexibility index (Phi) is 3.28. The molecule has 2 rings (SSSR count). The second-order valence-corrected chi connectivity index (χ2v) is 3.85. The third kappa shape index (κ3) is 2.56. The summed E-state index contributed by atoms with van der Waals surface area (Å²) in [4.78, 5) is 16.2. The number of rotatable bonds is 3. The molecule has 2 aromatic rings. The Labute approximate surface area is 99.1 Å². The second-order valence-electron chi connectivity index (χ2n) is 3.85. The fourth-order valence-corrected chi connectivity index (χ4v) is 1.66. The largest absolute Gasteiger partial charge is 0.293 e. The SMILES string of the molecule is CC(C(=O)c1cccc(F)c1)c1ccccn1. The molecule has 0 aliphatic rings. The number of nitrogens with zero attached hydrogens (tertiary/aromatic N) is 1. The van der Waals surface area contributed by atoms with E-state index in [1.54, 1.807) is 31.3 Å². The van der Waals surface area contributed by atoms with E-state index < -0.39 is 5.82 Å². The fraction of sp³-hybridized carbons (Fsp3) is 0.143. The zero-order valence-electron chi connectivity index (χ0n) is 9.43. The molecule has 17 heavy (non-hydrogen) atoms. The lowest BCUT2D eigenvalue weighted by atomic mass is 9.96. The summed E-state index contributed by atoms with van der Waals surface area (Å²) < 4.78 is 13.0. The highest BCUT2D eigenvalue weighted by molar-refractivity contribution is 6.00. The van der Waals surface area contributed by atoms with Crippen LogP contribution in [0.4, 0.5) is 4.39 Å². The van der Waals surface area contributed by atoms with Gasteiger partial charge in [-0.2, -0.15) is 0 Å². The fourth-order valence-electron chi connectivity index (χ4n) is 1.66. The van der Waals surface area contributed by atoms with E-state index in [2.05, 4.69) is 4.98 Å². The maximum absolute atomic E-state index is 13.0. The Morgan fingerprint density at radius 3 is 2.71 bits per heavy atom. The molecule has 0 amide bonds. The number of hydrogen-bond acceptors (Lipinski definition) is 2. The molecule has 86 valence electrons. The normalized spacial score (nSPS) is 12.1. The number of ketones is 1. The van der Waals surface area contributed by atoms with Gasteiger partial charge in [-0.3, -0.25) is 9.78 Å². The van der Waals surface area contributed by atoms with E-state index in [4.69, 9.17) is 0 Å². The molecule has 0 bridgehead atoms. The summed E-state index contributed by atoms with van der Waals surface area (Å²) in [6.07, 6.45) is 1.64. The molecule has 2 nitrogen and oxygen atoms in total. The topological polar surface area (TPSA) is 30.0 Å². The van der Waals surface area contributed by atoms with Crippen LogP contribution in [0.2, 0.25) is 0 Å². The van der Waals surface area contributed by atoms with E-state index in [1.807, 2.05) is 6.07 Å². The molecule has 0 radical (unpaired) electrons. The van der Waals surface area contributed by atoms with Crippen molar-refractivity contribution in [1.29, 1.82) is 0 Å². The molecule has 1 aromatic heterocycles. The summed E-state index contributed by atoms with van der Waals surface area (Å²) in [7, 11) is 0. The van der Waals surface area contributed by atoms with Crippen molar-refractivity contribution in [3.05, 3.63) is 65.7 Å². The van der Waals surface area contributed by atoms with Crippen LogP contribution in [0.1, 0.15) is 28.9 Å². The Balaban J connectivity index is 2.27. The molecule has 0 fully saturated rings. The number of carbonyl (C=O) groups is 1. The smallest absolute Gasteiger partial charge is 0.171 e. The van der Waals surface area contributed by atoms with Crippen LogP contribution < -0.4 is 0 Å². The lowest BCUT2D eigenvalue weighted by molar-refractivity contribution is 0.0964. The van der Waals surface area contributed by atoms with Gasteiger partial charge in [0, 0.05) is 11.8 Å². The summed E-state index contributed by atoms with van der Waals surface area (Å²) in [5, 5.41) is 0. The van der Waals surface area contributed by atoms with Crippen molar-refractivity contribution in [2.45, 2.75) is 12.8 Å². The maximum atomic E-state index is 13.0. The van der Waals surface area contributed by atoms with Gasteiger partial charge in [0.1, 0.15) is 5.82 Å². The van der Waals surface area contributed by atoms with Crippen molar-refractivity contribution in [2.24, 2.45) is 0 Å². The summed E-state index contributed by atoms with van der Waals surface area (Å²) in [6.45, 7) is 1.77. The molecule has 0 aliphatic carbocycles. The van der Waals surface area contributed by atoms with Crippen molar-refractivity contribution in [1.82, 2.24) is 4.98 Å². The summed E-state index contributed by atoms with van der Waals surface area (Å²) in [5.41, 5.74) is 1.07. The van der Waals surface area contributed by atoms with Gasteiger partial charge < -0.3 is 0 Å². The maximum Gasteiger partial charge on any atom is 0.171 e. The number of halogens is 1. The van der Waals surface area contributed by atoms with Gasteiger partial charge in [-0.25, -0.2) is 4.39 Å². The quantitative estimate of drug-likeness (QED) is 0.756. The average molecular weight is 229 g/mol. The Morgan fingerprint density at radius 2 is 2.06 bits per heavy atom. The molecule has 1 atom stereocenters. The summed E-state index contributed by atoms with van der Waals surface area (Å²) in [5.74, 6) is -0.884. The van der Waals surface area contributed by atoms with Gasteiger partial charge in [-0.05, 0) is 31.2 Å². The number of carbonyl (C=O) groups excluding carboxylic acids is 1. The minimum absolute atomic E-state index is 0.122. The number of hydrogen-bond donors (Lipinski definition) is 0. The van der Waals surface area contributed by atoms with Gasteiger partial charge >= 0.3 is 0 Å². The van der Waals surface area contributed by atoms with E-state index in [-0.39, 0.29) is 11.7 Å². The number of benzene rings is 1. The van der Waals surface area contributed by atoms with Crippen LogP contribution in [0.5, 0.6) is 0 Å². The molecule has 1 unspecified atom stereocenters. The van der Waals surface area contributed by atoms with Crippen LogP contribution in [0, 0.1) is 5.82 Å². The third-order valence-electron chi connectivity index (χ3n) is 2.63. The first-order valence-corrected chi connectivity index (χ1v) is 5.39. The van der Waals surface area contributed by atoms with Crippen molar-refractivity contribution >= 4 is 5.78 Å². The van der Waals surface area contributed by atoms with Crippen molar-refractivity contribution in [3.8, 4) is 0 Å². The van der Waals surface area contributed by atoms with Crippen LogP contribution in [-0.2, 0) is 0 Å². The molecule has 1 aromatic carbocycles. The molecule has 0 saturated carbocycles. The second kappa shape index (κ2) is 4.87. The number of pyridine rings is 1. The van der Waals surface area contributed by atoms with Gasteiger partial charge in [0.05, 0.1) is 11.6 Å². The van der Waals surface area contributed by atoms with E-state index in [9.17, 15) is 9.18 Å². The highest BCUT2D eigenvalue weighted by Crippen LogP contribution is 2.18. The predicted molar refractivity (Wildman–Crippen MR) is 63.4 cm³/mol. The molecule has 0 N–H and O–H groups in total. The zero-order chi connectivity index (χ0) is 12.3. The van der Waals surface area contributed by atoms with Crippen molar-refractivity contribution in [2.75, 3.05) is 0 Å². The molecule has 3 heteroatoms. The number of aromatic nitrogens is 1. The number of Topliss-reactive ketones (excluding diaryl/α,β-unsaturated/α-hetero) is 1. The Hall–Kier alpha value is -2.03. The summed E-state index contributed by atoms with van der Waals surface area (Å²) in [6, 6.07) is 11.1. The predicted octanol–water partition coefficient (Wildman–Crippen LogP) is 3.21. The zero-order valence-corrected chi connectivity index (χ0v) is 9.43. The van der Waals surface area contributed by atoms with Crippen LogP contribution in [-0.4, -0.2) is 10.8 Å². The molecular formula is C14H12FNO. The molecular weight excluding hydrogens is 217 g/mol. The van der Waals surface area contributed by atoms with Crippen LogP contribution in [0.25, 0.3) is 0 Å². The third-order valence-corrected chi connectivity index (χ3v) is 2.63. The first-order chi connectivity index (χ1) is 8.18. The van der Waals surface area contributed by atoms with E-state index in [1.165, 1.54) is 18.2 Å². The monoisotopic (exact) mass is 229 g/mol. The van der Waals surface area contributed by atoms with E-state index in [0.717, 1.165) is 0 Å². The Bertz CT molecular complexity index is 525. The molecule has 0 spiro atoms. The van der Waals surface area contributed by atoms with E-state index >= 15 is 0 Å². The summed E-state index contributed by atoms with van der Waals surface area (Å²) >= 11 is 0. The van der Waals surface area contributed by atoms with Crippen LogP contribution in [0.15, 0.2) is 48.7 Å². The van der Waals surface area contributed by atoms with Gasteiger partial charge in [0.25, 0.3) is 0 Å².